The predicted molar refractivity (Wildman–Crippen MR) is 112 cm³/mol. The van der Waals surface area contributed by atoms with Crippen molar-refractivity contribution >= 4 is 17.2 Å². The first-order valence-electron chi connectivity index (χ1n) is 10.1. The molecule has 1 aromatic carbocycles. The minimum Gasteiger partial charge on any atom is -0.481 e. The van der Waals surface area contributed by atoms with Gasteiger partial charge in [0.05, 0.1) is 4.88 Å². The van der Waals surface area contributed by atoms with E-state index in [0.29, 0.717) is 18.3 Å². The first-order chi connectivity index (χ1) is 14.2. The highest BCUT2D eigenvalue weighted by atomic mass is 32.1. The molecule has 4 rings (SSSR count). The van der Waals surface area contributed by atoms with Crippen molar-refractivity contribution in [2.45, 2.75) is 52.2 Å². The molecule has 1 aliphatic rings. The Bertz CT molecular complexity index is 968. The van der Waals surface area contributed by atoms with Gasteiger partial charge in [-0.05, 0) is 68.2 Å². The Labute approximate surface area is 174 Å². The molecule has 2 aromatic heterocycles. The summed E-state index contributed by atoms with van der Waals surface area (Å²) >= 11 is 1.55. The summed E-state index contributed by atoms with van der Waals surface area (Å²) in [5.41, 5.74) is 2.59. The maximum absolute atomic E-state index is 13.0. The number of likely N-dealkylation sites (N-methyl/N-ethyl adjacent to an activating group) is 1. The van der Waals surface area contributed by atoms with Crippen molar-refractivity contribution in [3.63, 3.8) is 0 Å². The number of ether oxygens (including phenoxy) is 1. The van der Waals surface area contributed by atoms with Gasteiger partial charge < -0.3 is 14.2 Å². The molecule has 2 heterocycles. The number of aryl methyl sites for hydroxylation is 1. The highest BCUT2D eigenvalue weighted by Gasteiger charge is 2.25. The van der Waals surface area contributed by atoms with Gasteiger partial charge in [-0.15, -0.1) is 11.3 Å². The van der Waals surface area contributed by atoms with E-state index in [2.05, 4.69) is 16.2 Å². The molecule has 0 bridgehead atoms. The van der Waals surface area contributed by atoms with E-state index in [1.54, 1.807) is 23.2 Å². The quantitative estimate of drug-likeness (QED) is 0.573. The number of hydrogen-bond donors (Lipinski definition) is 0. The zero-order valence-corrected chi connectivity index (χ0v) is 17.6. The molecular weight excluding hydrogens is 386 g/mol. The Morgan fingerprint density at radius 2 is 2.14 bits per heavy atom. The second kappa shape index (κ2) is 8.78. The number of carbonyl (C=O) groups excluding carboxylic acids is 1. The minimum absolute atomic E-state index is 0.0863. The number of carbonyl (C=O) groups is 1. The number of nitrogens with zero attached hydrogens (tertiary/aromatic N) is 3. The molecule has 0 saturated carbocycles. The molecule has 0 saturated heterocycles. The Kier molecular flexibility index (Phi) is 5.94. The molecule has 7 heteroatoms. The molecule has 1 unspecified atom stereocenters. The van der Waals surface area contributed by atoms with Crippen LogP contribution in [0, 0.1) is 0 Å². The third kappa shape index (κ3) is 4.34. The molecule has 29 heavy (non-hydrogen) atoms. The van der Waals surface area contributed by atoms with E-state index >= 15 is 0 Å². The number of hydrogen-bond acceptors (Lipinski definition) is 6. The van der Waals surface area contributed by atoms with Crippen LogP contribution >= 0.6 is 11.3 Å². The molecule has 0 aliphatic heterocycles. The van der Waals surface area contributed by atoms with E-state index in [4.69, 9.17) is 9.26 Å². The standard InChI is InChI=1S/C22H25N3O3S/c1-3-25(14-20-23-21(24-28-20)19-12-7-13-29-19)22(26)15(2)27-18-11-6-9-16-8-4-5-10-17(16)18/h6-7,9,11-13,15H,3-5,8,10,14H2,1-2H3. The zero-order valence-electron chi connectivity index (χ0n) is 16.8. The maximum atomic E-state index is 13.0. The summed E-state index contributed by atoms with van der Waals surface area (Å²) in [5, 5.41) is 5.99. The Hall–Kier alpha value is -2.67. The van der Waals surface area contributed by atoms with Gasteiger partial charge in [-0.3, -0.25) is 4.79 Å². The molecule has 0 fully saturated rings. The van der Waals surface area contributed by atoms with Crippen LogP contribution in [0.2, 0.25) is 0 Å². The number of amides is 1. The van der Waals surface area contributed by atoms with Crippen molar-refractivity contribution in [1.29, 1.82) is 0 Å². The lowest BCUT2D eigenvalue weighted by molar-refractivity contribution is -0.138. The molecule has 152 valence electrons. The van der Waals surface area contributed by atoms with Crippen LogP contribution in [-0.2, 0) is 24.2 Å². The van der Waals surface area contributed by atoms with E-state index in [-0.39, 0.29) is 12.5 Å². The number of fused-ring (bicyclic) bond motifs is 1. The lowest BCUT2D eigenvalue weighted by Crippen LogP contribution is -2.40. The number of rotatable bonds is 7. The molecule has 0 radical (unpaired) electrons. The van der Waals surface area contributed by atoms with Crippen molar-refractivity contribution in [1.82, 2.24) is 15.0 Å². The Balaban J connectivity index is 1.43. The van der Waals surface area contributed by atoms with E-state index in [1.165, 1.54) is 24.0 Å². The van der Waals surface area contributed by atoms with E-state index < -0.39 is 6.10 Å². The molecule has 0 N–H and O–H groups in total. The van der Waals surface area contributed by atoms with Gasteiger partial charge in [0, 0.05) is 6.54 Å². The van der Waals surface area contributed by atoms with Gasteiger partial charge in [0.1, 0.15) is 12.3 Å². The number of benzene rings is 1. The topological polar surface area (TPSA) is 68.5 Å². The number of aromatic nitrogens is 2. The van der Waals surface area contributed by atoms with Crippen LogP contribution in [0.3, 0.4) is 0 Å². The van der Waals surface area contributed by atoms with Crippen LogP contribution in [0.5, 0.6) is 5.75 Å². The predicted octanol–water partition coefficient (Wildman–Crippen LogP) is 4.49. The van der Waals surface area contributed by atoms with Gasteiger partial charge in [0.15, 0.2) is 6.10 Å². The average molecular weight is 412 g/mol. The van der Waals surface area contributed by atoms with Crippen LogP contribution in [0.15, 0.2) is 40.2 Å². The van der Waals surface area contributed by atoms with E-state index in [9.17, 15) is 4.79 Å². The lowest BCUT2D eigenvalue weighted by atomic mass is 9.91. The van der Waals surface area contributed by atoms with Crippen molar-refractivity contribution in [3.8, 4) is 16.5 Å². The summed E-state index contributed by atoms with van der Waals surface area (Å²) in [5.74, 6) is 1.72. The van der Waals surface area contributed by atoms with Crippen LogP contribution in [0.1, 0.15) is 43.7 Å². The van der Waals surface area contributed by atoms with Crippen molar-refractivity contribution < 1.29 is 14.1 Å². The van der Waals surface area contributed by atoms with Gasteiger partial charge in [-0.25, -0.2) is 0 Å². The second-order valence-corrected chi connectivity index (χ2v) is 8.15. The SMILES string of the molecule is CCN(Cc1nc(-c2cccs2)no1)C(=O)C(C)Oc1cccc2c1CCCC2. The molecule has 1 aliphatic carbocycles. The van der Waals surface area contributed by atoms with Crippen LogP contribution in [-0.4, -0.2) is 33.6 Å². The van der Waals surface area contributed by atoms with Gasteiger partial charge >= 0.3 is 0 Å². The summed E-state index contributed by atoms with van der Waals surface area (Å²) < 4.78 is 11.5. The molecular formula is C22H25N3O3S. The van der Waals surface area contributed by atoms with E-state index in [1.807, 2.05) is 36.6 Å². The van der Waals surface area contributed by atoms with Crippen molar-refractivity contribution in [2.24, 2.45) is 0 Å². The van der Waals surface area contributed by atoms with Crippen molar-refractivity contribution in [2.75, 3.05) is 6.54 Å². The smallest absolute Gasteiger partial charge is 0.263 e. The highest BCUT2D eigenvalue weighted by Crippen LogP contribution is 2.30. The second-order valence-electron chi connectivity index (χ2n) is 7.20. The normalized spacial score (nSPS) is 14.3. The fraction of sp³-hybridized carbons (Fsp3) is 0.409. The molecule has 0 spiro atoms. The third-order valence-electron chi connectivity index (χ3n) is 5.23. The van der Waals surface area contributed by atoms with Gasteiger partial charge in [0.2, 0.25) is 11.7 Å². The van der Waals surface area contributed by atoms with Crippen LogP contribution in [0.4, 0.5) is 0 Å². The van der Waals surface area contributed by atoms with Gasteiger partial charge in [-0.1, -0.05) is 23.4 Å². The van der Waals surface area contributed by atoms with Gasteiger partial charge in [-0.2, -0.15) is 4.98 Å². The minimum atomic E-state index is -0.580. The molecule has 3 aromatic rings. The zero-order chi connectivity index (χ0) is 20.2. The van der Waals surface area contributed by atoms with Crippen LogP contribution in [0.25, 0.3) is 10.7 Å². The summed E-state index contributed by atoms with van der Waals surface area (Å²) in [6, 6.07) is 10.0. The fourth-order valence-corrected chi connectivity index (χ4v) is 4.34. The third-order valence-corrected chi connectivity index (χ3v) is 6.10. The molecule has 1 amide bonds. The first kappa shape index (κ1) is 19.6. The maximum Gasteiger partial charge on any atom is 0.263 e. The molecule has 6 nitrogen and oxygen atoms in total. The summed E-state index contributed by atoms with van der Waals surface area (Å²) in [7, 11) is 0. The fourth-order valence-electron chi connectivity index (χ4n) is 3.69. The average Bonchev–Trinajstić information content (AvgIpc) is 3.43. The Morgan fingerprint density at radius 3 is 2.93 bits per heavy atom. The van der Waals surface area contributed by atoms with Gasteiger partial charge in [0.25, 0.3) is 5.91 Å². The Morgan fingerprint density at radius 1 is 1.28 bits per heavy atom. The first-order valence-corrected chi connectivity index (χ1v) is 11.0. The number of thiophene rings is 1. The van der Waals surface area contributed by atoms with E-state index in [0.717, 1.165) is 23.5 Å². The largest absolute Gasteiger partial charge is 0.481 e. The summed E-state index contributed by atoms with van der Waals surface area (Å²) in [4.78, 5) is 20.1. The summed E-state index contributed by atoms with van der Waals surface area (Å²) in [6.45, 7) is 4.55. The summed E-state index contributed by atoms with van der Waals surface area (Å²) in [6.07, 6.45) is 3.90. The monoisotopic (exact) mass is 411 g/mol. The highest BCUT2D eigenvalue weighted by molar-refractivity contribution is 7.13. The van der Waals surface area contributed by atoms with Crippen LogP contribution < -0.4 is 4.74 Å². The molecule has 1 atom stereocenters. The lowest BCUT2D eigenvalue weighted by Gasteiger charge is -2.25. The van der Waals surface area contributed by atoms with Crippen molar-refractivity contribution in [3.05, 3.63) is 52.7 Å².